The maximum Gasteiger partial charge on any atom is 0.415 e. The lowest BCUT2D eigenvalue weighted by atomic mass is 9.96. The number of likely N-dealkylation sites (tertiary alicyclic amines) is 1. The zero-order valence-electron chi connectivity index (χ0n) is 11.7. The van der Waals surface area contributed by atoms with Crippen molar-refractivity contribution in [3.05, 3.63) is 30.3 Å². The molecule has 1 saturated heterocycles. The summed E-state index contributed by atoms with van der Waals surface area (Å²) in [6.45, 7) is 3.88. The Morgan fingerprint density at radius 3 is 2.79 bits per heavy atom. The average Bonchev–Trinajstić information content (AvgIpc) is 2.66. The van der Waals surface area contributed by atoms with Crippen LogP contribution in [-0.2, 0) is 0 Å². The molecule has 0 bridgehead atoms. The van der Waals surface area contributed by atoms with Crippen molar-refractivity contribution in [1.82, 2.24) is 4.90 Å². The molecule has 1 fully saturated rings. The van der Waals surface area contributed by atoms with Gasteiger partial charge in [0.2, 0.25) is 0 Å². The lowest BCUT2D eigenvalue weighted by Gasteiger charge is -2.19. The molecule has 1 amide bonds. The first-order chi connectivity index (χ1) is 9.29. The Balaban J connectivity index is 1.86. The molecule has 1 aliphatic rings. The summed E-state index contributed by atoms with van der Waals surface area (Å²) in [5.41, 5.74) is 0. The Bertz CT molecular complexity index is 391. The van der Waals surface area contributed by atoms with E-state index >= 15 is 0 Å². The van der Waals surface area contributed by atoms with Crippen molar-refractivity contribution in [2.75, 3.05) is 13.1 Å². The van der Waals surface area contributed by atoms with Crippen molar-refractivity contribution in [1.29, 1.82) is 0 Å². The first-order valence-electron chi connectivity index (χ1n) is 7.31. The summed E-state index contributed by atoms with van der Waals surface area (Å²) in [5, 5.41) is 0. The van der Waals surface area contributed by atoms with E-state index in [-0.39, 0.29) is 6.09 Å². The van der Waals surface area contributed by atoms with Crippen LogP contribution in [0.4, 0.5) is 4.79 Å². The molecule has 19 heavy (non-hydrogen) atoms. The van der Waals surface area contributed by atoms with Crippen LogP contribution in [0.5, 0.6) is 5.75 Å². The second-order valence-electron chi connectivity index (χ2n) is 5.25. The summed E-state index contributed by atoms with van der Waals surface area (Å²) >= 11 is 0. The fraction of sp³-hybridized carbons (Fsp3) is 0.562. The molecule has 0 radical (unpaired) electrons. The Hall–Kier alpha value is -1.51. The molecule has 0 aromatic heterocycles. The highest BCUT2D eigenvalue weighted by Crippen LogP contribution is 2.22. The van der Waals surface area contributed by atoms with Gasteiger partial charge < -0.3 is 9.64 Å². The number of nitrogens with zero attached hydrogens (tertiary/aromatic N) is 1. The maximum atomic E-state index is 12.1. The number of hydrogen-bond acceptors (Lipinski definition) is 2. The van der Waals surface area contributed by atoms with Crippen LogP contribution in [0.3, 0.4) is 0 Å². The van der Waals surface area contributed by atoms with E-state index in [1.165, 1.54) is 19.3 Å². The Morgan fingerprint density at radius 1 is 1.26 bits per heavy atom. The quantitative estimate of drug-likeness (QED) is 0.820. The number of carbonyl (C=O) groups excluding carboxylic acids is 1. The van der Waals surface area contributed by atoms with Crippen molar-refractivity contribution < 1.29 is 9.53 Å². The highest BCUT2D eigenvalue weighted by atomic mass is 16.6. The summed E-state index contributed by atoms with van der Waals surface area (Å²) in [6.07, 6.45) is 5.75. The van der Waals surface area contributed by atoms with Gasteiger partial charge in [-0.3, -0.25) is 0 Å². The van der Waals surface area contributed by atoms with Crippen LogP contribution in [0.25, 0.3) is 0 Å². The minimum absolute atomic E-state index is 0.205. The third-order valence-corrected chi connectivity index (χ3v) is 3.75. The van der Waals surface area contributed by atoms with Gasteiger partial charge >= 0.3 is 6.09 Å². The third kappa shape index (κ3) is 4.27. The summed E-state index contributed by atoms with van der Waals surface area (Å²) in [5.74, 6) is 1.40. The molecule has 1 aromatic rings. The van der Waals surface area contributed by atoms with E-state index in [1.807, 2.05) is 35.2 Å². The molecule has 1 unspecified atom stereocenters. The molecular weight excluding hydrogens is 238 g/mol. The van der Waals surface area contributed by atoms with E-state index in [4.69, 9.17) is 4.74 Å². The Morgan fingerprint density at radius 2 is 2.05 bits per heavy atom. The largest absolute Gasteiger partial charge is 0.415 e. The van der Waals surface area contributed by atoms with Gasteiger partial charge in [0.05, 0.1) is 0 Å². The first kappa shape index (κ1) is 13.9. The lowest BCUT2D eigenvalue weighted by Crippen LogP contribution is -2.34. The average molecular weight is 261 g/mol. The van der Waals surface area contributed by atoms with Crippen LogP contribution < -0.4 is 4.74 Å². The van der Waals surface area contributed by atoms with Crippen LogP contribution in [0.2, 0.25) is 0 Å². The van der Waals surface area contributed by atoms with Gasteiger partial charge in [0, 0.05) is 13.1 Å². The van der Waals surface area contributed by atoms with Crippen molar-refractivity contribution >= 4 is 6.09 Å². The van der Waals surface area contributed by atoms with Gasteiger partial charge in [0.15, 0.2) is 0 Å². The fourth-order valence-corrected chi connectivity index (χ4v) is 2.70. The predicted molar refractivity (Wildman–Crippen MR) is 76.3 cm³/mol. The van der Waals surface area contributed by atoms with Crippen molar-refractivity contribution in [3.63, 3.8) is 0 Å². The van der Waals surface area contributed by atoms with Crippen LogP contribution in [0.1, 0.15) is 39.0 Å². The Kier molecular flexibility index (Phi) is 5.25. The second kappa shape index (κ2) is 7.17. The number of para-hydroxylation sites is 1. The molecule has 0 saturated carbocycles. The summed E-state index contributed by atoms with van der Waals surface area (Å²) in [4.78, 5) is 13.9. The second-order valence-corrected chi connectivity index (χ2v) is 5.25. The molecule has 0 aliphatic carbocycles. The van der Waals surface area contributed by atoms with E-state index in [0.29, 0.717) is 5.75 Å². The minimum atomic E-state index is -0.205. The van der Waals surface area contributed by atoms with Gasteiger partial charge in [-0.1, -0.05) is 38.0 Å². The van der Waals surface area contributed by atoms with Gasteiger partial charge in [-0.2, -0.15) is 0 Å². The van der Waals surface area contributed by atoms with E-state index in [0.717, 1.165) is 31.8 Å². The molecule has 3 heteroatoms. The van der Waals surface area contributed by atoms with Crippen molar-refractivity contribution in [2.45, 2.75) is 39.0 Å². The molecule has 3 nitrogen and oxygen atoms in total. The molecule has 1 aliphatic heterocycles. The number of carbonyl (C=O) groups is 1. The molecule has 1 heterocycles. The zero-order valence-corrected chi connectivity index (χ0v) is 11.7. The van der Waals surface area contributed by atoms with Crippen molar-refractivity contribution in [2.24, 2.45) is 5.92 Å². The number of hydrogen-bond donors (Lipinski definition) is 0. The summed E-state index contributed by atoms with van der Waals surface area (Å²) in [7, 11) is 0. The molecule has 1 aromatic carbocycles. The van der Waals surface area contributed by atoms with Gasteiger partial charge in [0.1, 0.15) is 5.75 Å². The lowest BCUT2D eigenvalue weighted by molar-refractivity contribution is 0.153. The predicted octanol–water partition coefficient (Wildman–Crippen LogP) is 4.09. The highest BCUT2D eigenvalue weighted by molar-refractivity contribution is 5.70. The molecule has 0 spiro atoms. The van der Waals surface area contributed by atoms with Gasteiger partial charge in [-0.25, -0.2) is 4.79 Å². The van der Waals surface area contributed by atoms with E-state index < -0.39 is 0 Å². The monoisotopic (exact) mass is 261 g/mol. The summed E-state index contributed by atoms with van der Waals surface area (Å²) < 4.78 is 5.39. The van der Waals surface area contributed by atoms with Gasteiger partial charge in [0.25, 0.3) is 0 Å². The van der Waals surface area contributed by atoms with E-state index in [1.54, 1.807) is 0 Å². The molecule has 0 N–H and O–H groups in total. The van der Waals surface area contributed by atoms with Crippen LogP contribution in [0.15, 0.2) is 30.3 Å². The van der Waals surface area contributed by atoms with Gasteiger partial charge in [-0.15, -0.1) is 0 Å². The van der Waals surface area contributed by atoms with Gasteiger partial charge in [-0.05, 0) is 37.3 Å². The van der Waals surface area contributed by atoms with Crippen LogP contribution in [-0.4, -0.2) is 24.1 Å². The topological polar surface area (TPSA) is 29.5 Å². The zero-order chi connectivity index (χ0) is 13.5. The molecular formula is C16H23NO2. The molecule has 1 atom stereocenters. The number of ether oxygens (including phenoxy) is 1. The van der Waals surface area contributed by atoms with E-state index in [2.05, 4.69) is 6.92 Å². The van der Waals surface area contributed by atoms with E-state index in [9.17, 15) is 4.79 Å². The van der Waals surface area contributed by atoms with Crippen LogP contribution in [0, 0.1) is 5.92 Å². The standard InChI is InChI=1S/C16H23NO2/c1-2-7-14-8-6-12-17(13-11-14)16(18)19-15-9-4-3-5-10-15/h3-5,9-10,14H,2,6-8,11-13H2,1H3. The van der Waals surface area contributed by atoms with Crippen LogP contribution >= 0.6 is 0 Å². The normalized spacial score (nSPS) is 19.8. The summed E-state index contributed by atoms with van der Waals surface area (Å²) in [6, 6.07) is 9.30. The maximum absolute atomic E-state index is 12.1. The number of rotatable bonds is 3. The smallest absolute Gasteiger partial charge is 0.410 e. The minimum Gasteiger partial charge on any atom is -0.410 e. The molecule has 2 rings (SSSR count). The fourth-order valence-electron chi connectivity index (χ4n) is 2.70. The SMILES string of the molecule is CCCC1CCCN(C(=O)Oc2ccccc2)CC1. The third-order valence-electron chi connectivity index (χ3n) is 3.75. The highest BCUT2D eigenvalue weighted by Gasteiger charge is 2.21. The molecule has 104 valence electrons. The Labute approximate surface area is 115 Å². The first-order valence-corrected chi connectivity index (χ1v) is 7.31. The number of amides is 1. The number of benzene rings is 1. The van der Waals surface area contributed by atoms with Crippen molar-refractivity contribution in [3.8, 4) is 5.75 Å².